The van der Waals surface area contributed by atoms with Crippen LogP contribution in [0.3, 0.4) is 0 Å². The molecule has 1 N–H and O–H groups in total. The zero-order valence-corrected chi connectivity index (χ0v) is 12.5. The van der Waals surface area contributed by atoms with E-state index in [0.29, 0.717) is 6.04 Å². The first-order valence-corrected chi connectivity index (χ1v) is 7.27. The number of hydrogen-bond donors (Lipinski definition) is 1. The first kappa shape index (κ1) is 14.1. The van der Waals surface area contributed by atoms with Crippen LogP contribution in [0.25, 0.3) is 11.0 Å². The van der Waals surface area contributed by atoms with Crippen LogP contribution in [0.2, 0.25) is 0 Å². The van der Waals surface area contributed by atoms with Crippen molar-refractivity contribution in [3.63, 3.8) is 0 Å². The van der Waals surface area contributed by atoms with E-state index in [1.165, 1.54) is 29.5 Å². The van der Waals surface area contributed by atoms with E-state index in [2.05, 4.69) is 54.7 Å². The zero-order chi connectivity index (χ0) is 13.8. The summed E-state index contributed by atoms with van der Waals surface area (Å²) >= 11 is 0. The van der Waals surface area contributed by atoms with E-state index in [1.54, 1.807) is 0 Å². The number of fused-ring (bicyclic) bond motifs is 1. The van der Waals surface area contributed by atoms with Crippen LogP contribution in [0.4, 0.5) is 0 Å². The molecule has 0 aliphatic carbocycles. The Morgan fingerprint density at radius 3 is 2.74 bits per heavy atom. The maximum atomic E-state index is 4.49. The van der Waals surface area contributed by atoms with Gasteiger partial charge in [0.1, 0.15) is 0 Å². The normalized spacial score (nSPS) is 13.1. The molecule has 0 radical (unpaired) electrons. The molecule has 2 rings (SSSR count). The molecular formula is C16H25N3. The first-order valence-electron chi connectivity index (χ1n) is 7.27. The molecule has 3 heteroatoms. The van der Waals surface area contributed by atoms with Gasteiger partial charge in [0.05, 0.1) is 17.4 Å². The monoisotopic (exact) mass is 259 g/mol. The van der Waals surface area contributed by atoms with E-state index in [0.717, 1.165) is 18.6 Å². The summed E-state index contributed by atoms with van der Waals surface area (Å²) in [5.41, 5.74) is 4.99. The van der Waals surface area contributed by atoms with Crippen molar-refractivity contribution >= 4 is 11.0 Å². The van der Waals surface area contributed by atoms with Crippen LogP contribution < -0.4 is 5.32 Å². The van der Waals surface area contributed by atoms with Crippen LogP contribution in [0.5, 0.6) is 0 Å². The lowest BCUT2D eigenvalue weighted by Gasteiger charge is -2.13. The molecule has 1 aromatic carbocycles. The number of nitrogens with one attached hydrogen (secondary N) is 1. The Balaban J connectivity index is 2.03. The quantitative estimate of drug-likeness (QED) is 0.861. The number of nitrogens with zero attached hydrogens (tertiary/aromatic N) is 2. The van der Waals surface area contributed by atoms with E-state index in [9.17, 15) is 0 Å². The fraction of sp³-hybridized carbons (Fsp3) is 0.562. The van der Waals surface area contributed by atoms with Gasteiger partial charge in [0.25, 0.3) is 0 Å². The molecule has 0 aliphatic heterocycles. The summed E-state index contributed by atoms with van der Waals surface area (Å²) in [6.45, 7) is 10.8. The van der Waals surface area contributed by atoms with Gasteiger partial charge in [-0.25, -0.2) is 4.98 Å². The van der Waals surface area contributed by atoms with Gasteiger partial charge >= 0.3 is 0 Å². The molecule has 0 bridgehead atoms. The van der Waals surface area contributed by atoms with Gasteiger partial charge in [-0.1, -0.05) is 13.3 Å². The second-order valence-corrected chi connectivity index (χ2v) is 5.51. The molecule has 1 unspecified atom stereocenters. The molecule has 0 aliphatic rings. The Morgan fingerprint density at radius 1 is 1.26 bits per heavy atom. The second kappa shape index (κ2) is 6.20. The summed E-state index contributed by atoms with van der Waals surface area (Å²) in [5.74, 6) is 0. The molecular weight excluding hydrogens is 234 g/mol. The number of imidazole rings is 1. The largest absolute Gasteiger partial charge is 0.329 e. The third-order valence-electron chi connectivity index (χ3n) is 3.80. The van der Waals surface area contributed by atoms with Crippen molar-refractivity contribution in [3.8, 4) is 0 Å². The predicted octanol–water partition coefficient (Wildman–Crippen LogP) is 3.43. The third-order valence-corrected chi connectivity index (χ3v) is 3.80. The topological polar surface area (TPSA) is 29.9 Å². The van der Waals surface area contributed by atoms with Crippen LogP contribution in [-0.4, -0.2) is 22.1 Å². The average molecular weight is 259 g/mol. The van der Waals surface area contributed by atoms with Gasteiger partial charge in [-0.2, -0.15) is 0 Å². The Hall–Kier alpha value is -1.35. The summed E-state index contributed by atoms with van der Waals surface area (Å²) < 4.78 is 2.24. The number of hydrogen-bond acceptors (Lipinski definition) is 2. The highest BCUT2D eigenvalue weighted by atomic mass is 15.1. The van der Waals surface area contributed by atoms with E-state index in [1.807, 2.05) is 6.33 Å². The summed E-state index contributed by atoms with van der Waals surface area (Å²) in [7, 11) is 0. The van der Waals surface area contributed by atoms with Gasteiger partial charge in [-0.05, 0) is 50.5 Å². The van der Waals surface area contributed by atoms with Gasteiger partial charge < -0.3 is 9.88 Å². The predicted molar refractivity (Wildman–Crippen MR) is 81.6 cm³/mol. The van der Waals surface area contributed by atoms with E-state index < -0.39 is 0 Å². The van der Waals surface area contributed by atoms with Gasteiger partial charge in [0.2, 0.25) is 0 Å². The van der Waals surface area contributed by atoms with E-state index in [-0.39, 0.29) is 0 Å². The van der Waals surface area contributed by atoms with Crippen LogP contribution in [0.1, 0.15) is 37.8 Å². The molecule has 0 fully saturated rings. The lowest BCUT2D eigenvalue weighted by molar-refractivity contribution is 0.489. The molecule has 0 saturated carbocycles. The minimum absolute atomic E-state index is 0.601. The SMILES string of the molecule is CCCC(C)NCCn1cnc2cc(C)c(C)cc21. The average Bonchev–Trinajstić information content (AvgIpc) is 2.73. The standard InChI is InChI=1S/C16H25N3/c1-5-6-14(4)17-7-8-19-11-18-15-9-12(2)13(3)10-16(15)19/h9-11,14,17H,5-8H2,1-4H3. The molecule has 104 valence electrons. The summed E-state index contributed by atoms with van der Waals surface area (Å²) in [6, 6.07) is 5.02. The maximum Gasteiger partial charge on any atom is 0.0958 e. The number of rotatable bonds is 6. The highest BCUT2D eigenvalue weighted by Gasteiger charge is 2.05. The molecule has 0 spiro atoms. The smallest absolute Gasteiger partial charge is 0.0958 e. The van der Waals surface area contributed by atoms with Gasteiger partial charge in [-0.3, -0.25) is 0 Å². The van der Waals surface area contributed by atoms with Crippen LogP contribution in [0.15, 0.2) is 18.5 Å². The fourth-order valence-electron chi connectivity index (χ4n) is 2.46. The molecule has 0 amide bonds. The third kappa shape index (κ3) is 3.35. The Bertz CT molecular complexity index is 542. The van der Waals surface area contributed by atoms with Crippen molar-refractivity contribution in [3.05, 3.63) is 29.6 Å². The van der Waals surface area contributed by atoms with E-state index >= 15 is 0 Å². The van der Waals surface area contributed by atoms with Crippen molar-refractivity contribution in [2.45, 2.75) is 53.1 Å². The van der Waals surface area contributed by atoms with Crippen LogP contribution in [0, 0.1) is 13.8 Å². The molecule has 3 nitrogen and oxygen atoms in total. The van der Waals surface area contributed by atoms with Crippen LogP contribution in [-0.2, 0) is 6.54 Å². The highest BCUT2D eigenvalue weighted by Crippen LogP contribution is 2.18. The van der Waals surface area contributed by atoms with Crippen molar-refractivity contribution in [1.29, 1.82) is 0 Å². The molecule has 0 saturated heterocycles. The zero-order valence-electron chi connectivity index (χ0n) is 12.5. The summed E-state index contributed by atoms with van der Waals surface area (Å²) in [5, 5.41) is 3.56. The molecule has 2 aromatic rings. The molecule has 19 heavy (non-hydrogen) atoms. The number of benzene rings is 1. The second-order valence-electron chi connectivity index (χ2n) is 5.51. The van der Waals surface area contributed by atoms with Crippen molar-refractivity contribution in [2.24, 2.45) is 0 Å². The number of aromatic nitrogens is 2. The Kier molecular flexibility index (Phi) is 4.59. The lowest BCUT2D eigenvalue weighted by Crippen LogP contribution is -2.29. The fourth-order valence-corrected chi connectivity index (χ4v) is 2.46. The van der Waals surface area contributed by atoms with Gasteiger partial charge in [-0.15, -0.1) is 0 Å². The minimum atomic E-state index is 0.601. The Morgan fingerprint density at radius 2 is 2.00 bits per heavy atom. The molecule has 1 atom stereocenters. The van der Waals surface area contributed by atoms with Crippen molar-refractivity contribution < 1.29 is 0 Å². The van der Waals surface area contributed by atoms with Gasteiger partial charge in [0, 0.05) is 19.1 Å². The highest BCUT2D eigenvalue weighted by molar-refractivity contribution is 5.77. The number of aryl methyl sites for hydroxylation is 2. The minimum Gasteiger partial charge on any atom is -0.329 e. The van der Waals surface area contributed by atoms with Crippen molar-refractivity contribution in [1.82, 2.24) is 14.9 Å². The molecule has 1 heterocycles. The summed E-state index contributed by atoms with van der Waals surface area (Å²) in [4.78, 5) is 4.49. The van der Waals surface area contributed by atoms with E-state index in [4.69, 9.17) is 0 Å². The maximum absolute atomic E-state index is 4.49. The van der Waals surface area contributed by atoms with Crippen LogP contribution >= 0.6 is 0 Å². The summed E-state index contributed by atoms with van der Waals surface area (Å²) in [6.07, 6.45) is 4.43. The lowest BCUT2D eigenvalue weighted by atomic mass is 10.1. The van der Waals surface area contributed by atoms with Gasteiger partial charge in [0.15, 0.2) is 0 Å². The first-order chi connectivity index (χ1) is 9.11. The Labute approximate surface area is 116 Å². The molecule has 1 aromatic heterocycles. The van der Waals surface area contributed by atoms with Crippen molar-refractivity contribution in [2.75, 3.05) is 6.54 Å².